The van der Waals surface area contributed by atoms with Gasteiger partial charge in [-0.1, -0.05) is 49.4 Å². The second-order valence-electron chi connectivity index (χ2n) is 6.06. The molecule has 1 heterocycles. The van der Waals surface area contributed by atoms with E-state index in [1.165, 1.54) is 0 Å². The van der Waals surface area contributed by atoms with Gasteiger partial charge in [0.25, 0.3) is 0 Å². The largest absolute Gasteiger partial charge is 0.279 e. The summed E-state index contributed by atoms with van der Waals surface area (Å²) in [6.45, 7) is 2.25. The van der Waals surface area contributed by atoms with Gasteiger partial charge in [-0.2, -0.15) is 0 Å². The van der Waals surface area contributed by atoms with E-state index < -0.39 is 0 Å². The molecule has 3 heteroatoms. The number of hydrogen-bond acceptors (Lipinski definition) is 2. The first-order valence-corrected chi connectivity index (χ1v) is 8.42. The molecule has 1 unspecified atom stereocenters. The van der Waals surface area contributed by atoms with E-state index in [-0.39, 0.29) is 5.41 Å². The van der Waals surface area contributed by atoms with Crippen molar-refractivity contribution in [2.24, 2.45) is 5.41 Å². The van der Waals surface area contributed by atoms with Crippen LogP contribution in [0, 0.1) is 17.8 Å². The van der Waals surface area contributed by atoms with Crippen molar-refractivity contribution in [2.45, 2.75) is 31.4 Å². The average molecular weight is 308 g/mol. The van der Waals surface area contributed by atoms with Crippen molar-refractivity contribution in [3.63, 3.8) is 0 Å². The predicted molar refractivity (Wildman–Crippen MR) is 94.4 cm³/mol. The van der Waals surface area contributed by atoms with Crippen LogP contribution >= 0.6 is 11.9 Å². The third-order valence-electron chi connectivity index (χ3n) is 4.11. The molecule has 2 atom stereocenters. The molecule has 0 radical (unpaired) electrons. The van der Waals surface area contributed by atoms with Gasteiger partial charge in [0.2, 0.25) is 0 Å². The lowest BCUT2D eigenvalue weighted by atomic mass is 9.78. The van der Waals surface area contributed by atoms with Crippen LogP contribution in [0.3, 0.4) is 0 Å². The Labute approximate surface area is 136 Å². The molecule has 0 fully saturated rings. The number of aromatic nitrogens is 2. The second-order valence-corrected chi connectivity index (χ2v) is 7.30. The van der Waals surface area contributed by atoms with Gasteiger partial charge in [-0.15, -0.1) is 12.3 Å². The van der Waals surface area contributed by atoms with Crippen molar-refractivity contribution >= 4 is 11.9 Å². The quantitative estimate of drug-likeness (QED) is 0.597. The molecule has 0 spiro atoms. The fourth-order valence-electron chi connectivity index (χ4n) is 2.74. The summed E-state index contributed by atoms with van der Waals surface area (Å²) in [6, 6.07) is 10.3. The summed E-state index contributed by atoms with van der Waals surface area (Å²) in [5.41, 5.74) is 2.35. The van der Waals surface area contributed by atoms with Crippen LogP contribution in [0.1, 0.15) is 26.2 Å². The number of imidazole rings is 1. The number of nitrogens with zero attached hydrogens (tertiary/aromatic N) is 2. The van der Waals surface area contributed by atoms with Gasteiger partial charge < -0.3 is 0 Å². The molecule has 1 aromatic carbocycles. The minimum atomic E-state index is 0.177. The zero-order valence-electron chi connectivity index (χ0n) is 12.8. The van der Waals surface area contributed by atoms with E-state index in [1.54, 1.807) is 0 Å². The van der Waals surface area contributed by atoms with E-state index in [1.807, 2.05) is 36.5 Å². The maximum Gasteiger partial charge on any atom is 0.105 e. The highest BCUT2D eigenvalue weighted by molar-refractivity contribution is 7.98. The number of allylic oxidation sites excluding steroid dienone is 1. The van der Waals surface area contributed by atoms with Gasteiger partial charge in [-0.3, -0.25) is 3.97 Å². The van der Waals surface area contributed by atoms with Crippen LogP contribution in [0.25, 0.3) is 11.3 Å². The molecule has 0 amide bonds. The van der Waals surface area contributed by atoms with Crippen molar-refractivity contribution < 1.29 is 0 Å². The lowest BCUT2D eigenvalue weighted by molar-refractivity contribution is 0.377. The van der Waals surface area contributed by atoms with Gasteiger partial charge >= 0.3 is 0 Å². The van der Waals surface area contributed by atoms with Crippen molar-refractivity contribution in [1.82, 2.24) is 8.96 Å². The van der Waals surface area contributed by atoms with Crippen molar-refractivity contribution in [3.8, 4) is 23.6 Å². The average Bonchev–Trinajstić information content (AvgIpc) is 3.00. The van der Waals surface area contributed by atoms with Gasteiger partial charge in [-0.25, -0.2) is 4.98 Å². The van der Waals surface area contributed by atoms with E-state index in [9.17, 15) is 0 Å². The van der Waals surface area contributed by atoms with Crippen molar-refractivity contribution in [1.29, 1.82) is 0 Å². The van der Waals surface area contributed by atoms with Crippen LogP contribution < -0.4 is 0 Å². The Balaban J connectivity index is 1.66. The summed E-state index contributed by atoms with van der Waals surface area (Å²) in [7, 11) is 0. The molecule has 2 aromatic rings. The van der Waals surface area contributed by atoms with Crippen LogP contribution in [-0.2, 0) is 0 Å². The van der Waals surface area contributed by atoms with Crippen LogP contribution in [0.5, 0.6) is 0 Å². The highest BCUT2D eigenvalue weighted by atomic mass is 32.2. The zero-order valence-corrected chi connectivity index (χ0v) is 13.6. The Morgan fingerprint density at radius 3 is 2.91 bits per heavy atom. The Kier molecular flexibility index (Phi) is 4.40. The maximum atomic E-state index is 5.46. The molecule has 0 N–H and O–H groups in total. The van der Waals surface area contributed by atoms with Crippen molar-refractivity contribution in [3.05, 3.63) is 55.0 Å². The minimum absolute atomic E-state index is 0.177. The van der Waals surface area contributed by atoms with Crippen LogP contribution in [-0.4, -0.2) is 14.2 Å². The van der Waals surface area contributed by atoms with E-state index in [0.29, 0.717) is 5.25 Å². The van der Waals surface area contributed by atoms with Gasteiger partial charge in [-0.05, 0) is 30.2 Å². The molecule has 112 valence electrons. The highest BCUT2D eigenvalue weighted by Gasteiger charge is 2.26. The monoisotopic (exact) mass is 308 g/mol. The third-order valence-corrected chi connectivity index (χ3v) is 5.21. The van der Waals surface area contributed by atoms with Crippen LogP contribution in [0.2, 0.25) is 0 Å². The first kappa shape index (κ1) is 15.0. The second kappa shape index (κ2) is 6.46. The molecule has 0 bridgehead atoms. The maximum absolute atomic E-state index is 5.46. The normalized spacial score (nSPS) is 24.1. The number of benzene rings is 1. The predicted octanol–water partition coefficient (Wildman–Crippen LogP) is 4.79. The molecule has 1 aromatic heterocycles. The number of hydrogen-bond donors (Lipinski definition) is 0. The molecule has 0 saturated heterocycles. The Bertz CT molecular complexity index is 696. The number of rotatable bonds is 4. The van der Waals surface area contributed by atoms with E-state index in [4.69, 9.17) is 6.42 Å². The molecule has 22 heavy (non-hydrogen) atoms. The molecule has 1 aliphatic carbocycles. The molecular formula is C19H20N2S. The van der Waals surface area contributed by atoms with E-state index in [2.05, 4.69) is 52.3 Å². The summed E-state index contributed by atoms with van der Waals surface area (Å²) in [4.78, 5) is 4.50. The standard InChI is InChI=1S/C19H20N2S/c1-3-11-19(2)12-9-17(10-13-19)22-21-14-18(20-15-21)16-7-5-4-6-8-16/h1,4-9,12,14-15,17H,10-11,13H2,2H3/t17?,19-/m1/s1. The Morgan fingerprint density at radius 2 is 2.23 bits per heavy atom. The highest BCUT2D eigenvalue weighted by Crippen LogP contribution is 2.37. The fourth-order valence-corrected chi connectivity index (χ4v) is 3.68. The summed E-state index contributed by atoms with van der Waals surface area (Å²) >= 11 is 1.81. The zero-order chi connectivity index (χ0) is 15.4. The van der Waals surface area contributed by atoms with E-state index in [0.717, 1.165) is 30.5 Å². The topological polar surface area (TPSA) is 17.8 Å². The van der Waals surface area contributed by atoms with Gasteiger partial charge in [0.15, 0.2) is 0 Å². The fraction of sp³-hybridized carbons (Fsp3) is 0.316. The lowest BCUT2D eigenvalue weighted by Gasteiger charge is -2.30. The molecule has 0 aliphatic heterocycles. The molecule has 2 nitrogen and oxygen atoms in total. The Hall–Kier alpha value is -1.92. The van der Waals surface area contributed by atoms with E-state index >= 15 is 0 Å². The number of terminal acetylenes is 1. The van der Waals surface area contributed by atoms with Gasteiger partial charge in [0, 0.05) is 23.4 Å². The lowest BCUT2D eigenvalue weighted by Crippen LogP contribution is -2.20. The summed E-state index contributed by atoms with van der Waals surface area (Å²) in [5, 5.41) is 0.490. The SMILES string of the molecule is C#CC[C@]1(C)C=CC(Sn2cnc(-c3ccccc3)c2)CC1. The summed E-state index contributed by atoms with van der Waals surface area (Å²) in [6.07, 6.45) is 17.2. The van der Waals surface area contributed by atoms with Gasteiger partial charge in [0.05, 0.1) is 5.69 Å². The molecule has 1 aliphatic rings. The molecule has 3 rings (SSSR count). The first-order valence-electron chi connectivity index (χ1n) is 7.58. The Morgan fingerprint density at radius 1 is 1.41 bits per heavy atom. The van der Waals surface area contributed by atoms with Crippen molar-refractivity contribution in [2.75, 3.05) is 0 Å². The smallest absolute Gasteiger partial charge is 0.105 e. The summed E-state index contributed by atoms with van der Waals surface area (Å²) < 4.78 is 2.11. The summed E-state index contributed by atoms with van der Waals surface area (Å²) in [5.74, 6) is 2.79. The molecule has 0 saturated carbocycles. The third kappa shape index (κ3) is 3.45. The first-order chi connectivity index (χ1) is 10.7. The molecular weight excluding hydrogens is 288 g/mol. The van der Waals surface area contributed by atoms with Crippen LogP contribution in [0.15, 0.2) is 55.0 Å². The minimum Gasteiger partial charge on any atom is -0.279 e. The van der Waals surface area contributed by atoms with Gasteiger partial charge in [0.1, 0.15) is 6.33 Å². The van der Waals surface area contributed by atoms with Crippen LogP contribution in [0.4, 0.5) is 0 Å².